The smallest absolute Gasteiger partial charge is 0.263 e. The molecular weight excluding hydrogens is 406 g/mol. The predicted molar refractivity (Wildman–Crippen MR) is 114 cm³/mol. The van der Waals surface area contributed by atoms with Gasteiger partial charge in [0.05, 0.1) is 18.0 Å². The molecule has 164 valence electrons. The van der Waals surface area contributed by atoms with Gasteiger partial charge >= 0.3 is 0 Å². The van der Waals surface area contributed by atoms with Crippen LogP contribution in [-0.2, 0) is 19.6 Å². The molecule has 0 aromatic heterocycles. The summed E-state index contributed by atoms with van der Waals surface area (Å²) in [5.41, 5.74) is 0.536. The van der Waals surface area contributed by atoms with E-state index in [0.717, 1.165) is 6.42 Å². The Morgan fingerprint density at radius 3 is 2.60 bits per heavy atom. The number of piperazine rings is 1. The highest BCUT2D eigenvalue weighted by Gasteiger charge is 2.30. The van der Waals surface area contributed by atoms with Crippen molar-refractivity contribution in [2.75, 3.05) is 39.3 Å². The number of amidine groups is 1. The van der Waals surface area contributed by atoms with E-state index < -0.39 is 10.0 Å². The van der Waals surface area contributed by atoms with E-state index in [-0.39, 0.29) is 41.6 Å². The Labute approximate surface area is 177 Å². The predicted octanol–water partition coefficient (Wildman–Crippen LogP) is 0.174. The van der Waals surface area contributed by atoms with Gasteiger partial charge in [-0.3, -0.25) is 24.2 Å². The first kappa shape index (κ1) is 22.2. The van der Waals surface area contributed by atoms with Crippen molar-refractivity contribution < 1.29 is 18.0 Å². The number of aliphatic imine (C=N–C) groups is 1. The second-order valence-corrected chi connectivity index (χ2v) is 9.27. The van der Waals surface area contributed by atoms with Crippen LogP contribution >= 0.6 is 0 Å². The minimum atomic E-state index is -3.57. The first-order valence-electron chi connectivity index (χ1n) is 10.3. The minimum absolute atomic E-state index is 0.0132. The third-order valence-electron chi connectivity index (χ3n) is 5.37. The fourth-order valence-electron chi connectivity index (χ4n) is 3.45. The number of hydrogen-bond acceptors (Lipinski definition) is 6. The third kappa shape index (κ3) is 5.37. The van der Waals surface area contributed by atoms with Crippen molar-refractivity contribution in [3.8, 4) is 0 Å². The monoisotopic (exact) mass is 435 g/mol. The molecule has 2 N–H and O–H groups in total. The summed E-state index contributed by atoms with van der Waals surface area (Å²) >= 11 is 0. The molecular formula is C20H29N5O4S. The lowest BCUT2D eigenvalue weighted by atomic mass is 10.2. The van der Waals surface area contributed by atoms with Gasteiger partial charge in [-0.05, 0) is 25.5 Å². The highest BCUT2D eigenvalue weighted by atomic mass is 32.2. The summed E-state index contributed by atoms with van der Waals surface area (Å²) in [5, 5.41) is 2.95. The molecule has 0 radical (unpaired) electrons. The van der Waals surface area contributed by atoms with E-state index in [0.29, 0.717) is 38.3 Å². The van der Waals surface area contributed by atoms with Crippen LogP contribution in [0.1, 0.15) is 32.3 Å². The number of fused-ring (bicyclic) bond motifs is 1. The van der Waals surface area contributed by atoms with Crippen LogP contribution in [-0.4, -0.2) is 81.2 Å². The highest BCUT2D eigenvalue weighted by molar-refractivity contribution is 7.90. The molecule has 30 heavy (non-hydrogen) atoms. The van der Waals surface area contributed by atoms with Gasteiger partial charge in [0.1, 0.15) is 5.84 Å². The largest absolute Gasteiger partial charge is 0.353 e. The minimum Gasteiger partial charge on any atom is -0.353 e. The van der Waals surface area contributed by atoms with Crippen molar-refractivity contribution >= 4 is 27.7 Å². The Bertz CT molecular complexity index is 923. The van der Waals surface area contributed by atoms with Crippen LogP contribution in [0.2, 0.25) is 0 Å². The average Bonchev–Trinajstić information content (AvgIpc) is 2.98. The Morgan fingerprint density at radius 2 is 1.90 bits per heavy atom. The molecule has 1 saturated heterocycles. The van der Waals surface area contributed by atoms with Crippen molar-refractivity contribution in [1.82, 2.24) is 19.8 Å². The standard InChI is InChI=1S/C20H29N5O4S/c1-3-15(2)22-18(26)14-24-10-12-25(13-11-24)19(27)8-9-21-20-16-6-4-5-7-17(16)30(28,29)23-20/h4-7,15H,3,8-14H2,1-2H3,(H,21,23)(H,22,26). The van der Waals surface area contributed by atoms with Gasteiger partial charge in [0, 0.05) is 44.2 Å². The molecule has 0 bridgehead atoms. The molecule has 1 fully saturated rings. The van der Waals surface area contributed by atoms with E-state index in [1.807, 2.05) is 18.7 Å². The van der Waals surface area contributed by atoms with Gasteiger partial charge in [0.25, 0.3) is 10.0 Å². The molecule has 3 rings (SSSR count). The van der Waals surface area contributed by atoms with E-state index in [2.05, 4.69) is 15.0 Å². The fraction of sp³-hybridized carbons (Fsp3) is 0.550. The molecule has 1 unspecified atom stereocenters. The average molecular weight is 436 g/mol. The van der Waals surface area contributed by atoms with Gasteiger partial charge in [-0.1, -0.05) is 19.1 Å². The fourth-order valence-corrected chi connectivity index (χ4v) is 4.70. The summed E-state index contributed by atoms with van der Waals surface area (Å²) in [6.45, 7) is 7.02. The topological polar surface area (TPSA) is 111 Å². The normalized spacial score (nSPS) is 20.5. The third-order valence-corrected chi connectivity index (χ3v) is 6.77. The summed E-state index contributed by atoms with van der Waals surface area (Å²) in [5.74, 6) is 0.284. The summed E-state index contributed by atoms with van der Waals surface area (Å²) in [6, 6.07) is 6.82. The molecule has 10 heteroatoms. The van der Waals surface area contributed by atoms with Gasteiger partial charge in [0.15, 0.2) is 0 Å². The number of rotatable bonds is 7. The van der Waals surface area contributed by atoms with Gasteiger partial charge in [0.2, 0.25) is 11.8 Å². The van der Waals surface area contributed by atoms with Gasteiger partial charge in [-0.25, -0.2) is 8.42 Å². The maximum absolute atomic E-state index is 12.5. The van der Waals surface area contributed by atoms with Crippen LogP contribution in [0.3, 0.4) is 0 Å². The lowest BCUT2D eigenvalue weighted by molar-refractivity contribution is -0.133. The maximum atomic E-state index is 12.5. The van der Waals surface area contributed by atoms with Crippen molar-refractivity contribution in [3.63, 3.8) is 0 Å². The van der Waals surface area contributed by atoms with Crippen molar-refractivity contribution in [2.24, 2.45) is 4.99 Å². The quantitative estimate of drug-likeness (QED) is 0.634. The van der Waals surface area contributed by atoms with Crippen molar-refractivity contribution in [1.29, 1.82) is 0 Å². The summed E-state index contributed by atoms with van der Waals surface area (Å²) < 4.78 is 26.6. The number of amides is 2. The molecule has 1 atom stereocenters. The van der Waals surface area contributed by atoms with Crippen LogP contribution < -0.4 is 10.0 Å². The SMILES string of the molecule is CCC(C)NC(=O)CN1CCN(C(=O)CCN=C2NS(=O)(=O)c3ccccc32)CC1. The zero-order valence-corrected chi connectivity index (χ0v) is 18.2. The van der Waals surface area contributed by atoms with E-state index in [1.54, 1.807) is 23.1 Å². The number of sulfonamides is 1. The molecule has 2 heterocycles. The molecule has 0 aliphatic carbocycles. The highest BCUT2D eigenvalue weighted by Crippen LogP contribution is 2.22. The van der Waals surface area contributed by atoms with E-state index in [1.165, 1.54) is 6.07 Å². The lowest BCUT2D eigenvalue weighted by Crippen LogP contribution is -2.51. The first-order valence-corrected chi connectivity index (χ1v) is 11.7. The molecule has 9 nitrogen and oxygen atoms in total. The summed E-state index contributed by atoms with van der Waals surface area (Å²) in [6.07, 6.45) is 1.10. The van der Waals surface area contributed by atoms with Gasteiger partial charge in [-0.2, -0.15) is 0 Å². The molecule has 1 aromatic rings. The molecule has 2 amide bonds. The van der Waals surface area contributed by atoms with Crippen LogP contribution in [0.25, 0.3) is 0 Å². The first-order chi connectivity index (χ1) is 14.3. The second-order valence-electron chi connectivity index (χ2n) is 7.62. The van der Waals surface area contributed by atoms with E-state index in [4.69, 9.17) is 0 Å². The van der Waals surface area contributed by atoms with E-state index >= 15 is 0 Å². The van der Waals surface area contributed by atoms with Gasteiger partial charge < -0.3 is 10.2 Å². The molecule has 0 saturated carbocycles. The number of carbonyl (C=O) groups is 2. The zero-order valence-electron chi connectivity index (χ0n) is 17.4. The number of carbonyl (C=O) groups excluding carboxylic acids is 2. The Hall–Kier alpha value is -2.46. The molecule has 2 aliphatic heterocycles. The number of benzene rings is 1. The molecule has 1 aromatic carbocycles. The number of nitrogens with zero attached hydrogens (tertiary/aromatic N) is 3. The van der Waals surface area contributed by atoms with E-state index in [9.17, 15) is 18.0 Å². The maximum Gasteiger partial charge on any atom is 0.263 e. The number of hydrogen-bond donors (Lipinski definition) is 2. The second kappa shape index (κ2) is 9.57. The van der Waals surface area contributed by atoms with Crippen LogP contribution in [0.15, 0.2) is 34.2 Å². The summed E-state index contributed by atoms with van der Waals surface area (Å²) in [7, 11) is -3.57. The Morgan fingerprint density at radius 1 is 1.20 bits per heavy atom. The Balaban J connectivity index is 1.45. The zero-order chi connectivity index (χ0) is 21.7. The van der Waals surface area contributed by atoms with Crippen molar-refractivity contribution in [2.45, 2.75) is 37.6 Å². The molecule has 0 spiro atoms. The lowest BCUT2D eigenvalue weighted by Gasteiger charge is -2.34. The Kier molecular flexibility index (Phi) is 7.09. The van der Waals surface area contributed by atoms with Crippen molar-refractivity contribution in [3.05, 3.63) is 29.8 Å². The van der Waals surface area contributed by atoms with Crippen LogP contribution in [0.5, 0.6) is 0 Å². The van der Waals surface area contributed by atoms with Crippen LogP contribution in [0, 0.1) is 0 Å². The summed E-state index contributed by atoms with van der Waals surface area (Å²) in [4.78, 5) is 32.8. The van der Waals surface area contributed by atoms with Crippen LogP contribution in [0.4, 0.5) is 0 Å². The molecule has 2 aliphatic rings. The van der Waals surface area contributed by atoms with Gasteiger partial charge in [-0.15, -0.1) is 0 Å². The number of nitrogens with one attached hydrogen (secondary N) is 2.